The van der Waals surface area contributed by atoms with Gasteiger partial charge in [0.2, 0.25) is 15.9 Å². The molecule has 0 radical (unpaired) electrons. The SMILES string of the molecule is CCn1c(CSc2nnc(-c3ccc(C)cc3)o2)nc2cc(S(=O)(=O)N3CCOCC3)ccc21. The summed E-state index contributed by atoms with van der Waals surface area (Å²) in [4.78, 5) is 4.99. The maximum atomic E-state index is 13.0. The van der Waals surface area contributed by atoms with Gasteiger partial charge in [-0.3, -0.25) is 0 Å². The van der Waals surface area contributed by atoms with Gasteiger partial charge in [-0.2, -0.15) is 4.31 Å². The first-order valence-corrected chi connectivity index (χ1v) is 13.5. The van der Waals surface area contributed by atoms with Gasteiger partial charge in [0.15, 0.2) is 0 Å². The molecule has 1 aliphatic rings. The van der Waals surface area contributed by atoms with E-state index in [1.807, 2.05) is 44.2 Å². The van der Waals surface area contributed by atoms with Gasteiger partial charge in [-0.1, -0.05) is 29.5 Å². The van der Waals surface area contributed by atoms with Gasteiger partial charge in [0.25, 0.3) is 5.22 Å². The van der Waals surface area contributed by atoms with Gasteiger partial charge >= 0.3 is 0 Å². The zero-order valence-electron chi connectivity index (χ0n) is 19.0. The van der Waals surface area contributed by atoms with E-state index in [1.54, 1.807) is 12.1 Å². The molecule has 0 aliphatic carbocycles. The predicted molar refractivity (Wildman–Crippen MR) is 129 cm³/mol. The fraction of sp³-hybridized carbons (Fsp3) is 0.348. The Kier molecular flexibility index (Phi) is 6.43. The van der Waals surface area contributed by atoms with Gasteiger partial charge in [-0.25, -0.2) is 13.4 Å². The number of sulfonamides is 1. The summed E-state index contributed by atoms with van der Waals surface area (Å²) in [5.41, 5.74) is 3.58. The van der Waals surface area contributed by atoms with Crippen LogP contribution in [-0.2, 0) is 27.1 Å². The molecule has 34 heavy (non-hydrogen) atoms. The molecule has 9 nitrogen and oxygen atoms in total. The number of hydrogen-bond acceptors (Lipinski definition) is 8. The van der Waals surface area contributed by atoms with Gasteiger partial charge < -0.3 is 13.7 Å². The number of ether oxygens (including phenoxy) is 1. The Hall–Kier alpha value is -2.73. The molecule has 2 aromatic carbocycles. The number of imidazole rings is 1. The van der Waals surface area contributed by atoms with Crippen LogP contribution in [0.4, 0.5) is 0 Å². The monoisotopic (exact) mass is 499 g/mol. The van der Waals surface area contributed by atoms with Gasteiger partial charge in [-0.15, -0.1) is 10.2 Å². The Labute approximate surface area is 202 Å². The van der Waals surface area contributed by atoms with Crippen LogP contribution in [0.5, 0.6) is 0 Å². The van der Waals surface area contributed by atoms with Crippen LogP contribution in [0, 0.1) is 6.92 Å². The van der Waals surface area contributed by atoms with Crippen molar-refractivity contribution < 1.29 is 17.6 Å². The molecule has 2 aromatic heterocycles. The summed E-state index contributed by atoms with van der Waals surface area (Å²) in [6.45, 7) is 6.32. The Morgan fingerprint density at radius 1 is 1.06 bits per heavy atom. The zero-order valence-corrected chi connectivity index (χ0v) is 20.6. The lowest BCUT2D eigenvalue weighted by molar-refractivity contribution is 0.0730. The third kappa shape index (κ3) is 4.48. The molecule has 3 heterocycles. The highest BCUT2D eigenvalue weighted by molar-refractivity contribution is 7.98. The lowest BCUT2D eigenvalue weighted by atomic mass is 10.1. The van der Waals surface area contributed by atoms with Crippen molar-refractivity contribution in [3.8, 4) is 11.5 Å². The van der Waals surface area contributed by atoms with Crippen LogP contribution in [0.3, 0.4) is 0 Å². The van der Waals surface area contributed by atoms with Crippen LogP contribution >= 0.6 is 11.8 Å². The summed E-state index contributed by atoms with van der Waals surface area (Å²) in [5.74, 6) is 1.81. The molecule has 0 saturated carbocycles. The molecule has 178 valence electrons. The van der Waals surface area contributed by atoms with Crippen molar-refractivity contribution in [2.45, 2.75) is 36.3 Å². The Balaban J connectivity index is 1.37. The second-order valence-electron chi connectivity index (χ2n) is 7.97. The van der Waals surface area contributed by atoms with Crippen LogP contribution in [0.2, 0.25) is 0 Å². The van der Waals surface area contributed by atoms with Crippen molar-refractivity contribution in [1.29, 1.82) is 0 Å². The van der Waals surface area contributed by atoms with Gasteiger partial charge in [0.1, 0.15) is 5.82 Å². The van der Waals surface area contributed by atoms with E-state index >= 15 is 0 Å². The lowest BCUT2D eigenvalue weighted by Crippen LogP contribution is -2.40. The minimum atomic E-state index is -3.58. The summed E-state index contributed by atoms with van der Waals surface area (Å²) in [5, 5.41) is 8.76. The molecule has 1 saturated heterocycles. The molecule has 0 unspecified atom stereocenters. The highest BCUT2D eigenvalue weighted by Crippen LogP contribution is 2.28. The number of hydrogen-bond donors (Lipinski definition) is 0. The molecule has 0 amide bonds. The number of aryl methyl sites for hydroxylation is 2. The Morgan fingerprint density at radius 3 is 2.56 bits per heavy atom. The topological polar surface area (TPSA) is 103 Å². The van der Waals surface area contributed by atoms with Crippen molar-refractivity contribution in [3.05, 3.63) is 53.9 Å². The number of nitrogens with zero attached hydrogens (tertiary/aromatic N) is 5. The largest absolute Gasteiger partial charge is 0.411 e. The maximum Gasteiger partial charge on any atom is 0.277 e. The highest BCUT2D eigenvalue weighted by atomic mass is 32.2. The zero-order chi connectivity index (χ0) is 23.7. The number of thioether (sulfide) groups is 1. The first-order chi connectivity index (χ1) is 16.5. The van der Waals surface area contributed by atoms with Crippen LogP contribution in [0.15, 0.2) is 57.0 Å². The van der Waals surface area contributed by atoms with Crippen molar-refractivity contribution in [1.82, 2.24) is 24.1 Å². The van der Waals surface area contributed by atoms with Gasteiger partial charge in [-0.05, 0) is 44.2 Å². The number of aromatic nitrogens is 4. The lowest BCUT2D eigenvalue weighted by Gasteiger charge is -2.26. The van der Waals surface area contributed by atoms with Crippen molar-refractivity contribution >= 4 is 32.8 Å². The van der Waals surface area contributed by atoms with Crippen LogP contribution in [0.1, 0.15) is 18.3 Å². The van der Waals surface area contributed by atoms with E-state index in [0.717, 1.165) is 22.5 Å². The first-order valence-electron chi connectivity index (χ1n) is 11.1. The van der Waals surface area contributed by atoms with E-state index in [1.165, 1.54) is 16.1 Å². The molecule has 1 fully saturated rings. The van der Waals surface area contributed by atoms with E-state index in [9.17, 15) is 8.42 Å². The molecule has 1 aliphatic heterocycles. The third-order valence-electron chi connectivity index (χ3n) is 5.75. The Morgan fingerprint density at radius 2 is 1.82 bits per heavy atom. The summed E-state index contributed by atoms with van der Waals surface area (Å²) >= 11 is 1.41. The summed E-state index contributed by atoms with van der Waals surface area (Å²) in [6, 6.07) is 13.1. The molecule has 4 aromatic rings. The average Bonchev–Trinajstić information content (AvgIpc) is 3.47. The number of fused-ring (bicyclic) bond motifs is 1. The van der Waals surface area contributed by atoms with Crippen LogP contribution in [0.25, 0.3) is 22.5 Å². The van der Waals surface area contributed by atoms with Crippen LogP contribution in [-0.4, -0.2) is 58.8 Å². The number of benzene rings is 2. The normalized spacial score (nSPS) is 15.2. The molecule has 0 N–H and O–H groups in total. The standard InChI is InChI=1S/C23H25N5O4S2/c1-3-28-20-9-8-18(34(29,30)27-10-12-31-13-11-27)14-19(20)24-21(28)15-33-23-26-25-22(32-23)17-6-4-16(2)5-7-17/h4-9,14H,3,10-13,15H2,1-2H3. The van der Waals surface area contributed by atoms with Gasteiger partial charge in [0.05, 0.1) is 34.9 Å². The summed E-state index contributed by atoms with van der Waals surface area (Å²) in [7, 11) is -3.58. The van der Waals surface area contributed by atoms with E-state index < -0.39 is 10.0 Å². The predicted octanol–water partition coefficient (Wildman–Crippen LogP) is 3.73. The summed E-state index contributed by atoms with van der Waals surface area (Å²) in [6.07, 6.45) is 0. The minimum absolute atomic E-state index is 0.251. The smallest absolute Gasteiger partial charge is 0.277 e. The quantitative estimate of drug-likeness (QED) is 0.355. The molecule has 0 atom stereocenters. The van der Waals surface area contributed by atoms with Crippen molar-refractivity contribution in [3.63, 3.8) is 0 Å². The Bertz CT molecular complexity index is 1410. The third-order valence-corrected chi connectivity index (χ3v) is 8.46. The average molecular weight is 500 g/mol. The number of morpholine rings is 1. The summed E-state index contributed by atoms with van der Waals surface area (Å²) < 4.78 is 40.7. The molecule has 11 heteroatoms. The van der Waals surface area contributed by atoms with E-state index in [-0.39, 0.29) is 4.90 Å². The second kappa shape index (κ2) is 9.49. The molecular weight excluding hydrogens is 474 g/mol. The minimum Gasteiger partial charge on any atom is -0.411 e. The van der Waals surface area contributed by atoms with Gasteiger partial charge in [0, 0.05) is 25.2 Å². The van der Waals surface area contributed by atoms with E-state index in [2.05, 4.69) is 14.8 Å². The van der Waals surface area contributed by atoms with Crippen LogP contribution < -0.4 is 0 Å². The molecule has 0 spiro atoms. The molecule has 5 rings (SSSR count). The van der Waals surface area contributed by atoms with Crippen molar-refractivity contribution in [2.75, 3.05) is 26.3 Å². The van der Waals surface area contributed by atoms with E-state index in [0.29, 0.717) is 55.2 Å². The fourth-order valence-electron chi connectivity index (χ4n) is 3.93. The highest BCUT2D eigenvalue weighted by Gasteiger charge is 2.27. The molecule has 0 bridgehead atoms. The second-order valence-corrected chi connectivity index (χ2v) is 10.8. The number of rotatable bonds is 7. The van der Waals surface area contributed by atoms with E-state index in [4.69, 9.17) is 14.1 Å². The first kappa shape index (κ1) is 23.0. The maximum absolute atomic E-state index is 13.0. The molecular formula is C23H25N5O4S2. The van der Waals surface area contributed by atoms with Crippen molar-refractivity contribution in [2.24, 2.45) is 0 Å². The fourth-order valence-corrected chi connectivity index (χ4v) is 6.06.